The molecule has 1 aliphatic rings. The molecule has 4 nitrogen and oxygen atoms in total. The van der Waals surface area contributed by atoms with Crippen molar-refractivity contribution in [2.45, 2.75) is 19.3 Å². The predicted octanol–water partition coefficient (Wildman–Crippen LogP) is 2.12. The second-order valence-corrected chi connectivity index (χ2v) is 4.73. The van der Waals surface area contributed by atoms with Gasteiger partial charge < -0.3 is 10.3 Å². The molecule has 0 radical (unpaired) electrons. The first-order valence-corrected chi connectivity index (χ1v) is 6.34. The van der Waals surface area contributed by atoms with Crippen LogP contribution in [-0.4, -0.2) is 10.9 Å². The molecule has 0 spiro atoms. The van der Waals surface area contributed by atoms with E-state index < -0.39 is 0 Å². The van der Waals surface area contributed by atoms with Gasteiger partial charge >= 0.3 is 0 Å². The van der Waals surface area contributed by atoms with Gasteiger partial charge in [0.05, 0.1) is 0 Å². The number of carbonyl (C=O) groups is 1. The highest BCUT2D eigenvalue weighted by Gasteiger charge is 2.12. The molecular weight excluding hydrogens is 240 g/mol. The van der Waals surface area contributed by atoms with Crippen LogP contribution in [0.2, 0.25) is 0 Å². The van der Waals surface area contributed by atoms with E-state index in [1.807, 2.05) is 12.1 Å². The Morgan fingerprint density at radius 2 is 1.95 bits per heavy atom. The van der Waals surface area contributed by atoms with Crippen molar-refractivity contribution in [1.29, 1.82) is 0 Å². The first-order chi connectivity index (χ1) is 9.22. The van der Waals surface area contributed by atoms with Gasteiger partial charge in [-0.3, -0.25) is 9.59 Å². The summed E-state index contributed by atoms with van der Waals surface area (Å²) < 4.78 is 0. The van der Waals surface area contributed by atoms with Crippen LogP contribution in [0.3, 0.4) is 0 Å². The monoisotopic (exact) mass is 254 g/mol. The molecule has 1 aromatic heterocycles. The van der Waals surface area contributed by atoms with Gasteiger partial charge in [-0.25, -0.2) is 0 Å². The van der Waals surface area contributed by atoms with E-state index in [-0.39, 0.29) is 11.5 Å². The van der Waals surface area contributed by atoms with Gasteiger partial charge in [0, 0.05) is 23.5 Å². The number of hydrogen-bond acceptors (Lipinski definition) is 2. The van der Waals surface area contributed by atoms with E-state index in [0.29, 0.717) is 5.56 Å². The maximum atomic E-state index is 12.0. The molecule has 3 rings (SSSR count). The number of aromatic amines is 1. The molecular formula is C15H14N2O2. The molecule has 1 amide bonds. The minimum Gasteiger partial charge on any atom is -0.329 e. The molecule has 0 aliphatic heterocycles. The Bertz CT molecular complexity index is 689. The molecule has 0 atom stereocenters. The van der Waals surface area contributed by atoms with Crippen LogP contribution in [0.5, 0.6) is 0 Å². The number of aryl methyl sites for hydroxylation is 2. The first-order valence-electron chi connectivity index (χ1n) is 6.34. The summed E-state index contributed by atoms with van der Waals surface area (Å²) in [5.74, 6) is -0.260. The molecule has 0 bridgehead atoms. The maximum absolute atomic E-state index is 12.0. The summed E-state index contributed by atoms with van der Waals surface area (Å²) in [5, 5.41) is 2.82. The largest absolute Gasteiger partial charge is 0.329 e. The Labute approximate surface area is 110 Å². The standard InChI is InChI=1S/C15H14N2O2/c18-14-9-12(6-7-16-14)15(19)17-13-5-4-10-2-1-3-11(10)8-13/h4-9H,1-3H2,(H,16,18)(H,17,19). The molecule has 1 heterocycles. The topological polar surface area (TPSA) is 62.0 Å². The zero-order valence-corrected chi connectivity index (χ0v) is 10.4. The fraction of sp³-hybridized carbons (Fsp3) is 0.200. The van der Waals surface area contributed by atoms with Crippen molar-refractivity contribution in [2.75, 3.05) is 5.32 Å². The number of nitrogens with one attached hydrogen (secondary N) is 2. The molecule has 1 aromatic carbocycles. The number of carbonyl (C=O) groups excluding carboxylic acids is 1. The molecule has 0 saturated carbocycles. The van der Waals surface area contributed by atoms with E-state index in [0.717, 1.165) is 18.5 Å². The Morgan fingerprint density at radius 3 is 2.79 bits per heavy atom. The summed E-state index contributed by atoms with van der Waals surface area (Å²) in [4.78, 5) is 25.7. The van der Waals surface area contributed by atoms with Crippen molar-refractivity contribution in [3.63, 3.8) is 0 Å². The van der Waals surface area contributed by atoms with Gasteiger partial charge in [0.25, 0.3) is 5.91 Å². The Balaban J connectivity index is 1.82. The highest BCUT2D eigenvalue weighted by Crippen LogP contribution is 2.25. The lowest BCUT2D eigenvalue weighted by Crippen LogP contribution is -2.15. The SMILES string of the molecule is O=C(Nc1ccc2c(c1)CCC2)c1cc[nH]c(=O)c1. The molecule has 4 heteroatoms. The number of H-pyrrole nitrogens is 1. The number of pyridine rings is 1. The summed E-state index contributed by atoms with van der Waals surface area (Å²) in [7, 11) is 0. The van der Waals surface area contributed by atoms with Crippen molar-refractivity contribution in [1.82, 2.24) is 4.98 Å². The molecule has 2 aromatic rings. The summed E-state index contributed by atoms with van der Waals surface area (Å²) in [6, 6.07) is 8.88. The normalized spacial score (nSPS) is 13.1. The smallest absolute Gasteiger partial charge is 0.255 e. The number of benzene rings is 1. The summed E-state index contributed by atoms with van der Waals surface area (Å²) in [6.07, 6.45) is 4.85. The third-order valence-electron chi connectivity index (χ3n) is 3.39. The minimum atomic E-state index is -0.276. The van der Waals surface area contributed by atoms with Crippen LogP contribution in [-0.2, 0) is 12.8 Å². The Morgan fingerprint density at radius 1 is 1.11 bits per heavy atom. The van der Waals surface area contributed by atoms with Crippen LogP contribution in [0.15, 0.2) is 41.3 Å². The van der Waals surface area contributed by atoms with Gasteiger partial charge in [-0.2, -0.15) is 0 Å². The third kappa shape index (κ3) is 2.42. The summed E-state index contributed by atoms with van der Waals surface area (Å²) in [5.41, 5.74) is 3.55. The molecule has 2 N–H and O–H groups in total. The van der Waals surface area contributed by atoms with Gasteiger partial charge in [0.15, 0.2) is 0 Å². The number of anilines is 1. The molecule has 0 unspecified atom stereocenters. The zero-order chi connectivity index (χ0) is 13.2. The van der Waals surface area contributed by atoms with Crippen LogP contribution in [0.25, 0.3) is 0 Å². The predicted molar refractivity (Wildman–Crippen MR) is 73.5 cm³/mol. The van der Waals surface area contributed by atoms with Gasteiger partial charge in [-0.05, 0) is 48.6 Å². The summed E-state index contributed by atoms with van der Waals surface area (Å²) in [6.45, 7) is 0. The van der Waals surface area contributed by atoms with E-state index in [4.69, 9.17) is 0 Å². The molecule has 0 saturated heterocycles. The van der Waals surface area contributed by atoms with Crippen LogP contribution in [0.4, 0.5) is 5.69 Å². The number of hydrogen-bond donors (Lipinski definition) is 2. The highest BCUT2D eigenvalue weighted by molar-refractivity contribution is 6.04. The fourth-order valence-electron chi connectivity index (χ4n) is 2.44. The number of fused-ring (bicyclic) bond motifs is 1. The van der Waals surface area contributed by atoms with Crippen molar-refractivity contribution in [3.05, 3.63) is 63.6 Å². The zero-order valence-electron chi connectivity index (χ0n) is 10.4. The van der Waals surface area contributed by atoms with E-state index in [1.165, 1.54) is 29.8 Å². The average molecular weight is 254 g/mol. The Hall–Kier alpha value is -2.36. The molecule has 1 aliphatic carbocycles. The highest BCUT2D eigenvalue weighted by atomic mass is 16.2. The first kappa shape index (κ1) is 11.7. The minimum absolute atomic E-state index is 0.260. The van der Waals surface area contributed by atoms with Crippen LogP contribution in [0.1, 0.15) is 27.9 Å². The fourth-order valence-corrected chi connectivity index (χ4v) is 2.44. The number of aromatic nitrogens is 1. The van der Waals surface area contributed by atoms with E-state index in [9.17, 15) is 9.59 Å². The van der Waals surface area contributed by atoms with Crippen molar-refractivity contribution in [3.8, 4) is 0 Å². The van der Waals surface area contributed by atoms with Crippen LogP contribution < -0.4 is 10.9 Å². The number of amides is 1. The van der Waals surface area contributed by atoms with Gasteiger partial charge in [0.1, 0.15) is 0 Å². The molecule has 19 heavy (non-hydrogen) atoms. The van der Waals surface area contributed by atoms with E-state index in [2.05, 4.69) is 16.4 Å². The third-order valence-corrected chi connectivity index (χ3v) is 3.39. The van der Waals surface area contributed by atoms with Gasteiger partial charge in [-0.1, -0.05) is 6.07 Å². The number of rotatable bonds is 2. The average Bonchev–Trinajstić information content (AvgIpc) is 2.86. The summed E-state index contributed by atoms with van der Waals surface area (Å²) >= 11 is 0. The van der Waals surface area contributed by atoms with Gasteiger partial charge in [0.2, 0.25) is 5.56 Å². The molecule has 96 valence electrons. The van der Waals surface area contributed by atoms with Crippen molar-refractivity contribution < 1.29 is 4.79 Å². The van der Waals surface area contributed by atoms with E-state index in [1.54, 1.807) is 6.07 Å². The quantitative estimate of drug-likeness (QED) is 0.862. The van der Waals surface area contributed by atoms with Crippen molar-refractivity contribution in [2.24, 2.45) is 0 Å². The Kier molecular flexibility index (Phi) is 2.91. The van der Waals surface area contributed by atoms with Crippen LogP contribution >= 0.6 is 0 Å². The van der Waals surface area contributed by atoms with Crippen LogP contribution in [0, 0.1) is 0 Å². The van der Waals surface area contributed by atoms with E-state index >= 15 is 0 Å². The van der Waals surface area contributed by atoms with Gasteiger partial charge in [-0.15, -0.1) is 0 Å². The maximum Gasteiger partial charge on any atom is 0.255 e. The lowest BCUT2D eigenvalue weighted by atomic mass is 10.1. The second kappa shape index (κ2) is 4.72. The lowest BCUT2D eigenvalue weighted by Gasteiger charge is -2.07. The molecule has 0 fully saturated rings. The lowest BCUT2D eigenvalue weighted by molar-refractivity contribution is 0.102. The van der Waals surface area contributed by atoms with Crippen molar-refractivity contribution >= 4 is 11.6 Å². The second-order valence-electron chi connectivity index (χ2n) is 4.73.